The molecule has 3 rings (SSSR count). The van der Waals surface area contributed by atoms with Crippen LogP contribution in [-0.2, 0) is 4.79 Å². The average molecular weight is 410 g/mol. The fraction of sp³-hybridized carbons (Fsp3) is 0.235. The maximum Gasteiger partial charge on any atom is 0.262 e. The Hall–Kier alpha value is -1.11. The Bertz CT molecular complexity index is 673. The second-order valence-electron chi connectivity index (χ2n) is 4.99. The summed E-state index contributed by atoms with van der Waals surface area (Å²) in [4.78, 5) is 11.9. The van der Waals surface area contributed by atoms with Crippen molar-refractivity contribution in [2.75, 3.05) is 23.4 Å². The molecule has 1 saturated heterocycles. The van der Waals surface area contributed by atoms with E-state index in [1.54, 1.807) is 0 Å². The van der Waals surface area contributed by atoms with Crippen molar-refractivity contribution in [2.45, 2.75) is 4.58 Å². The van der Waals surface area contributed by atoms with Crippen LogP contribution in [0.15, 0.2) is 53.0 Å². The minimum Gasteiger partial charge on any atom is -0.484 e. The number of carbonyl (C=O) groups excluding carboxylic acids is 1. The van der Waals surface area contributed by atoms with Gasteiger partial charge in [-0.2, -0.15) is 0 Å². The number of hydrogen-bond acceptors (Lipinski definition) is 4. The van der Waals surface area contributed by atoms with Gasteiger partial charge in [0.2, 0.25) is 0 Å². The molecule has 0 unspecified atom stereocenters. The lowest BCUT2D eigenvalue weighted by molar-refractivity contribution is -0.118. The van der Waals surface area contributed by atoms with Crippen LogP contribution in [0.25, 0.3) is 0 Å². The molecule has 2 aromatic rings. The summed E-state index contributed by atoms with van der Waals surface area (Å²) in [6.07, 6.45) is 0. The van der Waals surface area contributed by atoms with E-state index in [4.69, 9.17) is 4.74 Å². The van der Waals surface area contributed by atoms with Gasteiger partial charge < -0.3 is 10.1 Å². The molecule has 1 fully saturated rings. The number of hydrogen-bond donors (Lipinski definition) is 1. The highest BCUT2D eigenvalue weighted by atomic mass is 79.9. The Morgan fingerprint density at radius 3 is 2.61 bits per heavy atom. The second-order valence-corrected chi connectivity index (χ2v) is 8.63. The first kappa shape index (κ1) is 16.7. The van der Waals surface area contributed by atoms with Crippen LogP contribution < -0.4 is 10.1 Å². The molecular weight excluding hydrogens is 394 g/mol. The van der Waals surface area contributed by atoms with Gasteiger partial charge in [-0.1, -0.05) is 34.1 Å². The van der Waals surface area contributed by atoms with Crippen molar-refractivity contribution >= 4 is 51.0 Å². The summed E-state index contributed by atoms with van der Waals surface area (Å²) in [5.41, 5.74) is 2.06. The van der Waals surface area contributed by atoms with Crippen LogP contribution in [0.3, 0.4) is 0 Å². The second kappa shape index (κ2) is 8.13. The number of carbonyl (C=O) groups is 1. The molecule has 120 valence electrons. The molecule has 0 bridgehead atoms. The third kappa shape index (κ3) is 4.93. The fourth-order valence-electron chi connectivity index (χ4n) is 2.18. The summed E-state index contributed by atoms with van der Waals surface area (Å²) in [7, 11) is 0. The lowest BCUT2D eigenvalue weighted by Gasteiger charge is -2.10. The smallest absolute Gasteiger partial charge is 0.262 e. The maximum absolute atomic E-state index is 11.9. The molecule has 1 amide bonds. The Kier molecular flexibility index (Phi) is 5.91. The number of thioether (sulfide) groups is 2. The normalized spacial score (nSPS) is 14.7. The number of halogens is 1. The lowest BCUT2D eigenvalue weighted by Crippen LogP contribution is -2.20. The molecule has 0 spiro atoms. The molecule has 0 saturated carbocycles. The Labute approximate surface area is 152 Å². The third-order valence-corrected chi connectivity index (χ3v) is 6.85. The largest absolute Gasteiger partial charge is 0.484 e. The molecule has 1 aliphatic heterocycles. The topological polar surface area (TPSA) is 38.3 Å². The predicted molar refractivity (Wildman–Crippen MR) is 102 cm³/mol. The summed E-state index contributed by atoms with van der Waals surface area (Å²) in [6, 6.07) is 15.5. The number of anilines is 1. The summed E-state index contributed by atoms with van der Waals surface area (Å²) in [5, 5.41) is 2.81. The molecule has 1 N–H and O–H groups in total. The summed E-state index contributed by atoms with van der Waals surface area (Å²) < 4.78 is 7.01. The molecule has 2 aromatic carbocycles. The molecular formula is C17H16BrNO2S2. The zero-order valence-corrected chi connectivity index (χ0v) is 15.5. The van der Waals surface area contributed by atoms with E-state index >= 15 is 0 Å². The van der Waals surface area contributed by atoms with Crippen molar-refractivity contribution < 1.29 is 9.53 Å². The van der Waals surface area contributed by atoms with Gasteiger partial charge in [-0.3, -0.25) is 4.79 Å². The van der Waals surface area contributed by atoms with Crippen molar-refractivity contribution in [1.29, 1.82) is 0 Å². The number of nitrogens with one attached hydrogen (secondary N) is 1. The first-order valence-electron chi connectivity index (χ1n) is 7.22. The first-order valence-corrected chi connectivity index (χ1v) is 10.1. The van der Waals surface area contributed by atoms with E-state index in [1.165, 1.54) is 17.1 Å². The highest BCUT2D eigenvalue weighted by Crippen LogP contribution is 2.45. The monoisotopic (exact) mass is 409 g/mol. The van der Waals surface area contributed by atoms with Gasteiger partial charge in [0.15, 0.2) is 6.61 Å². The van der Waals surface area contributed by atoms with Gasteiger partial charge in [0.25, 0.3) is 5.91 Å². The van der Waals surface area contributed by atoms with Gasteiger partial charge in [-0.05, 0) is 35.9 Å². The van der Waals surface area contributed by atoms with Crippen LogP contribution in [0.1, 0.15) is 10.1 Å². The van der Waals surface area contributed by atoms with Crippen molar-refractivity contribution in [3.63, 3.8) is 0 Å². The molecule has 1 aliphatic rings. The lowest BCUT2D eigenvalue weighted by atomic mass is 10.2. The molecule has 1 heterocycles. The van der Waals surface area contributed by atoms with E-state index in [9.17, 15) is 4.79 Å². The van der Waals surface area contributed by atoms with Crippen LogP contribution in [0.2, 0.25) is 0 Å². The molecule has 0 atom stereocenters. The van der Waals surface area contributed by atoms with E-state index in [0.29, 0.717) is 10.3 Å². The SMILES string of the molecule is O=C(COc1ccc(C2SCCS2)cc1)Nc1cccc(Br)c1. The van der Waals surface area contributed by atoms with E-state index in [2.05, 4.69) is 33.4 Å². The average Bonchev–Trinajstić information content (AvgIpc) is 3.08. The number of ether oxygens (including phenoxy) is 1. The van der Waals surface area contributed by atoms with Crippen LogP contribution >= 0.6 is 39.5 Å². The Balaban J connectivity index is 1.50. The van der Waals surface area contributed by atoms with Crippen LogP contribution in [0.4, 0.5) is 5.69 Å². The van der Waals surface area contributed by atoms with E-state index in [0.717, 1.165) is 10.2 Å². The van der Waals surface area contributed by atoms with Crippen molar-refractivity contribution in [3.05, 3.63) is 58.6 Å². The van der Waals surface area contributed by atoms with Gasteiger partial charge in [-0.25, -0.2) is 0 Å². The quantitative estimate of drug-likeness (QED) is 0.758. The summed E-state index contributed by atoms with van der Waals surface area (Å²) in [5.74, 6) is 2.97. The molecule has 3 nitrogen and oxygen atoms in total. The Morgan fingerprint density at radius 2 is 1.91 bits per heavy atom. The van der Waals surface area contributed by atoms with Crippen molar-refractivity contribution in [1.82, 2.24) is 0 Å². The number of rotatable bonds is 5. The van der Waals surface area contributed by atoms with E-state index < -0.39 is 0 Å². The molecule has 0 aliphatic carbocycles. The summed E-state index contributed by atoms with van der Waals surface area (Å²) >= 11 is 7.33. The zero-order valence-electron chi connectivity index (χ0n) is 12.3. The van der Waals surface area contributed by atoms with E-state index in [1.807, 2.05) is 59.9 Å². The van der Waals surface area contributed by atoms with Crippen LogP contribution in [0, 0.1) is 0 Å². The number of benzene rings is 2. The summed E-state index contributed by atoms with van der Waals surface area (Å²) in [6.45, 7) is -0.00120. The van der Waals surface area contributed by atoms with E-state index in [-0.39, 0.29) is 12.5 Å². The molecule has 23 heavy (non-hydrogen) atoms. The highest BCUT2D eigenvalue weighted by molar-refractivity contribution is 9.10. The Morgan fingerprint density at radius 1 is 1.17 bits per heavy atom. The minimum absolute atomic E-state index is 0.00120. The molecule has 0 radical (unpaired) electrons. The predicted octanol–water partition coefficient (Wildman–Crippen LogP) is 4.95. The first-order chi connectivity index (χ1) is 11.2. The van der Waals surface area contributed by atoms with Gasteiger partial charge in [0, 0.05) is 21.7 Å². The van der Waals surface area contributed by atoms with Gasteiger partial charge >= 0.3 is 0 Å². The fourth-order valence-corrected chi connectivity index (χ4v) is 5.44. The maximum atomic E-state index is 11.9. The van der Waals surface area contributed by atoms with Crippen LogP contribution in [-0.4, -0.2) is 24.0 Å². The molecule has 6 heteroatoms. The number of amides is 1. The highest BCUT2D eigenvalue weighted by Gasteiger charge is 2.17. The van der Waals surface area contributed by atoms with Crippen molar-refractivity contribution in [2.24, 2.45) is 0 Å². The van der Waals surface area contributed by atoms with Gasteiger partial charge in [-0.15, -0.1) is 23.5 Å². The molecule has 0 aromatic heterocycles. The van der Waals surface area contributed by atoms with Crippen molar-refractivity contribution in [3.8, 4) is 5.75 Å². The third-order valence-electron chi connectivity index (χ3n) is 3.25. The van der Waals surface area contributed by atoms with Gasteiger partial charge in [0.05, 0.1) is 4.58 Å². The zero-order chi connectivity index (χ0) is 16.1. The van der Waals surface area contributed by atoms with Crippen LogP contribution in [0.5, 0.6) is 5.75 Å². The standard InChI is InChI=1S/C17H16BrNO2S2/c18-13-2-1-3-14(10-13)19-16(20)11-21-15-6-4-12(5-7-15)17-22-8-9-23-17/h1-7,10,17H,8-9,11H2,(H,19,20). The van der Waals surface area contributed by atoms with Gasteiger partial charge in [0.1, 0.15) is 5.75 Å². The minimum atomic E-state index is -0.172.